The number of rotatable bonds is 2. The SMILES string of the molecule is CC1(C)c2cc3c(cc2-c2c(ccc4ccccc24)C1(C)C)sc1ccc(-c2ccc(-n4c5ccccc5c5ccccc54)cc2)cc13. The van der Waals surface area contributed by atoms with Gasteiger partial charge in [0.05, 0.1) is 11.0 Å². The van der Waals surface area contributed by atoms with E-state index in [1.807, 2.05) is 11.3 Å². The van der Waals surface area contributed by atoms with Crippen LogP contribution in [0.5, 0.6) is 0 Å². The van der Waals surface area contributed by atoms with Crippen LogP contribution in [0.2, 0.25) is 0 Å². The standard InChI is InChI=1S/C46H35NS/c1-45(2)38-23-19-29-11-5-6-12-32(29)44(38)37-27-43-36(26-39(37)46(45,3)4)35-25-30(20-24-42(35)48-43)28-17-21-31(22-18-28)47-40-15-9-7-13-33(40)34-14-8-10-16-41(34)47/h5-27H,1-4H3. The van der Waals surface area contributed by atoms with Crippen molar-refractivity contribution in [3.8, 4) is 27.9 Å². The van der Waals surface area contributed by atoms with Gasteiger partial charge in [0.25, 0.3) is 0 Å². The summed E-state index contributed by atoms with van der Waals surface area (Å²) in [4.78, 5) is 0. The zero-order valence-electron chi connectivity index (χ0n) is 27.6. The molecule has 0 aliphatic heterocycles. The third-order valence-electron chi connectivity index (χ3n) is 11.8. The molecule has 1 aliphatic carbocycles. The van der Waals surface area contributed by atoms with Gasteiger partial charge in [0, 0.05) is 36.6 Å². The summed E-state index contributed by atoms with van der Waals surface area (Å²) >= 11 is 1.92. The molecular weight excluding hydrogens is 599 g/mol. The highest BCUT2D eigenvalue weighted by atomic mass is 32.1. The minimum atomic E-state index is -0.0412. The van der Waals surface area contributed by atoms with Crippen molar-refractivity contribution < 1.29 is 0 Å². The summed E-state index contributed by atoms with van der Waals surface area (Å²) in [5.41, 5.74) is 11.8. The van der Waals surface area contributed by atoms with Gasteiger partial charge in [-0.05, 0) is 104 Å². The van der Waals surface area contributed by atoms with Gasteiger partial charge in [0.15, 0.2) is 0 Å². The molecule has 0 atom stereocenters. The molecule has 1 aliphatic rings. The maximum atomic E-state index is 2.53. The molecule has 0 bridgehead atoms. The molecule has 0 saturated heterocycles. The predicted octanol–water partition coefficient (Wildman–Crippen LogP) is 13.2. The van der Waals surface area contributed by atoms with Crippen molar-refractivity contribution in [2.24, 2.45) is 0 Å². The topological polar surface area (TPSA) is 4.93 Å². The van der Waals surface area contributed by atoms with Gasteiger partial charge in [0.2, 0.25) is 0 Å². The van der Waals surface area contributed by atoms with Crippen LogP contribution in [0.1, 0.15) is 38.8 Å². The second-order valence-electron chi connectivity index (χ2n) is 14.6. The van der Waals surface area contributed by atoms with Crippen LogP contribution in [0, 0.1) is 0 Å². The lowest BCUT2D eigenvalue weighted by molar-refractivity contribution is 0.299. The molecule has 0 spiro atoms. The predicted molar refractivity (Wildman–Crippen MR) is 208 cm³/mol. The van der Waals surface area contributed by atoms with Crippen LogP contribution in [0.4, 0.5) is 0 Å². The Kier molecular flexibility index (Phi) is 5.63. The van der Waals surface area contributed by atoms with Gasteiger partial charge in [0.1, 0.15) is 0 Å². The Morgan fingerprint density at radius 3 is 1.79 bits per heavy atom. The van der Waals surface area contributed by atoms with Crippen molar-refractivity contribution >= 4 is 64.1 Å². The summed E-state index contributed by atoms with van der Waals surface area (Å²) in [6.07, 6.45) is 0. The van der Waals surface area contributed by atoms with E-state index in [9.17, 15) is 0 Å². The van der Waals surface area contributed by atoms with E-state index in [4.69, 9.17) is 0 Å². The second-order valence-corrected chi connectivity index (χ2v) is 15.7. The maximum absolute atomic E-state index is 2.53. The Labute approximate surface area is 284 Å². The smallest absolute Gasteiger partial charge is 0.0541 e. The molecule has 7 aromatic carbocycles. The van der Waals surface area contributed by atoms with Gasteiger partial charge in [-0.15, -0.1) is 11.3 Å². The fraction of sp³-hybridized carbons (Fsp3) is 0.130. The van der Waals surface area contributed by atoms with Crippen molar-refractivity contribution in [1.82, 2.24) is 4.57 Å². The van der Waals surface area contributed by atoms with E-state index in [0.29, 0.717) is 0 Å². The van der Waals surface area contributed by atoms with E-state index in [2.05, 4.69) is 172 Å². The first-order chi connectivity index (χ1) is 23.3. The average molecular weight is 634 g/mol. The van der Waals surface area contributed by atoms with E-state index in [1.54, 1.807) is 0 Å². The molecule has 0 saturated carbocycles. The molecule has 1 nitrogen and oxygen atoms in total. The molecule has 2 aromatic heterocycles. The number of benzene rings is 7. The molecule has 48 heavy (non-hydrogen) atoms. The molecule has 2 heterocycles. The third-order valence-corrected chi connectivity index (χ3v) is 12.9. The Bertz CT molecular complexity index is 2720. The molecule has 0 amide bonds. The molecule has 0 radical (unpaired) electrons. The van der Waals surface area contributed by atoms with Gasteiger partial charge in [-0.2, -0.15) is 0 Å². The van der Waals surface area contributed by atoms with Crippen LogP contribution in [-0.4, -0.2) is 4.57 Å². The van der Waals surface area contributed by atoms with Gasteiger partial charge >= 0.3 is 0 Å². The Balaban J connectivity index is 1.13. The van der Waals surface area contributed by atoms with Crippen LogP contribution in [0.15, 0.2) is 140 Å². The molecule has 10 rings (SSSR count). The lowest BCUT2D eigenvalue weighted by Gasteiger charge is -2.48. The molecule has 2 heteroatoms. The quantitative estimate of drug-likeness (QED) is 0.178. The van der Waals surface area contributed by atoms with Crippen molar-refractivity contribution in [2.45, 2.75) is 38.5 Å². The molecule has 0 N–H and O–H groups in total. The van der Waals surface area contributed by atoms with Crippen LogP contribution in [-0.2, 0) is 10.8 Å². The molecule has 0 unspecified atom stereocenters. The lowest BCUT2D eigenvalue weighted by atomic mass is 9.55. The minimum Gasteiger partial charge on any atom is -0.309 e. The van der Waals surface area contributed by atoms with E-state index >= 15 is 0 Å². The Hall–Kier alpha value is -5.18. The number of hydrogen-bond donors (Lipinski definition) is 0. The van der Waals surface area contributed by atoms with Gasteiger partial charge < -0.3 is 4.57 Å². The molecule has 9 aromatic rings. The van der Waals surface area contributed by atoms with E-state index in [1.165, 1.54) is 91.8 Å². The van der Waals surface area contributed by atoms with Crippen molar-refractivity contribution in [2.75, 3.05) is 0 Å². The minimum absolute atomic E-state index is 0.0257. The molecular formula is C46H35NS. The van der Waals surface area contributed by atoms with E-state index in [-0.39, 0.29) is 10.8 Å². The van der Waals surface area contributed by atoms with Crippen LogP contribution in [0.3, 0.4) is 0 Å². The van der Waals surface area contributed by atoms with Crippen LogP contribution in [0.25, 0.3) is 80.7 Å². The van der Waals surface area contributed by atoms with Crippen molar-refractivity contribution in [1.29, 1.82) is 0 Å². The van der Waals surface area contributed by atoms with Crippen LogP contribution < -0.4 is 0 Å². The zero-order valence-corrected chi connectivity index (χ0v) is 28.5. The van der Waals surface area contributed by atoms with Crippen LogP contribution >= 0.6 is 11.3 Å². The first-order valence-corrected chi connectivity index (χ1v) is 17.8. The average Bonchev–Trinajstić information content (AvgIpc) is 3.65. The van der Waals surface area contributed by atoms with Gasteiger partial charge in [-0.25, -0.2) is 0 Å². The highest BCUT2D eigenvalue weighted by Gasteiger charge is 2.46. The van der Waals surface area contributed by atoms with E-state index in [0.717, 1.165) is 0 Å². The number of para-hydroxylation sites is 2. The monoisotopic (exact) mass is 633 g/mol. The summed E-state index contributed by atoms with van der Waals surface area (Å²) in [5.74, 6) is 0. The summed E-state index contributed by atoms with van der Waals surface area (Å²) in [5, 5.41) is 7.95. The third kappa shape index (κ3) is 3.67. The fourth-order valence-corrected chi connectivity index (χ4v) is 9.59. The first-order valence-electron chi connectivity index (χ1n) is 16.9. The lowest BCUT2D eigenvalue weighted by Crippen LogP contribution is -2.43. The molecule has 230 valence electrons. The number of aromatic nitrogens is 1. The number of nitrogens with zero attached hydrogens (tertiary/aromatic N) is 1. The van der Waals surface area contributed by atoms with Gasteiger partial charge in [-0.1, -0.05) is 119 Å². The van der Waals surface area contributed by atoms with Gasteiger partial charge in [-0.3, -0.25) is 0 Å². The van der Waals surface area contributed by atoms with Crippen molar-refractivity contribution in [3.63, 3.8) is 0 Å². The Morgan fingerprint density at radius 2 is 1.06 bits per heavy atom. The maximum Gasteiger partial charge on any atom is 0.0541 e. The second kappa shape index (κ2) is 9.69. The highest BCUT2D eigenvalue weighted by molar-refractivity contribution is 7.25. The summed E-state index contributed by atoms with van der Waals surface area (Å²) < 4.78 is 5.09. The molecule has 0 fully saturated rings. The van der Waals surface area contributed by atoms with Crippen molar-refractivity contribution in [3.05, 3.63) is 151 Å². The fourth-order valence-electron chi connectivity index (χ4n) is 8.49. The summed E-state index contributed by atoms with van der Waals surface area (Å²) in [6, 6.07) is 52.2. The van der Waals surface area contributed by atoms with E-state index < -0.39 is 0 Å². The number of fused-ring (bicyclic) bond motifs is 11. The largest absolute Gasteiger partial charge is 0.309 e. The zero-order chi connectivity index (χ0) is 32.4. The Morgan fingerprint density at radius 1 is 0.458 bits per heavy atom. The first kappa shape index (κ1) is 27.9. The number of thiophene rings is 1. The highest BCUT2D eigenvalue weighted by Crippen LogP contribution is 2.57. The number of hydrogen-bond acceptors (Lipinski definition) is 1. The summed E-state index contributed by atoms with van der Waals surface area (Å²) in [6.45, 7) is 9.74. The normalized spacial score (nSPS) is 15.0. The summed E-state index contributed by atoms with van der Waals surface area (Å²) in [7, 11) is 0.